The summed E-state index contributed by atoms with van der Waals surface area (Å²) in [4.78, 5) is 41.0. The highest BCUT2D eigenvalue weighted by molar-refractivity contribution is 6.03. The van der Waals surface area contributed by atoms with Crippen LogP contribution in [0.25, 0.3) is 0 Å². The van der Waals surface area contributed by atoms with Gasteiger partial charge in [-0.05, 0) is 39.8 Å². The van der Waals surface area contributed by atoms with Crippen LogP contribution in [0.5, 0.6) is 0 Å². The number of hydrogen-bond acceptors (Lipinski definition) is 4. The molecular weight excluding hydrogens is 286 g/mol. The molecule has 0 spiro atoms. The summed E-state index contributed by atoms with van der Waals surface area (Å²) >= 11 is 0. The molecule has 0 atom stereocenters. The molecule has 0 aliphatic carbocycles. The predicted molar refractivity (Wildman–Crippen MR) is 81.0 cm³/mol. The largest absolute Gasteiger partial charge is 0.432 e. The maximum absolute atomic E-state index is 12.3. The van der Waals surface area contributed by atoms with Gasteiger partial charge in [-0.15, -0.1) is 0 Å². The quantitative estimate of drug-likeness (QED) is 0.839. The van der Waals surface area contributed by atoms with Crippen molar-refractivity contribution in [1.82, 2.24) is 15.7 Å². The number of benzene rings is 1. The topological polar surface area (TPSA) is 87.7 Å². The zero-order valence-electron chi connectivity index (χ0n) is 13.1. The summed E-state index contributed by atoms with van der Waals surface area (Å²) in [7, 11) is 0. The third-order valence-corrected chi connectivity index (χ3v) is 2.38. The van der Waals surface area contributed by atoms with E-state index in [1.165, 1.54) is 12.1 Å². The summed E-state index contributed by atoms with van der Waals surface area (Å²) in [6.45, 7) is 6.94. The van der Waals surface area contributed by atoms with Crippen molar-refractivity contribution in [1.29, 1.82) is 0 Å². The Morgan fingerprint density at radius 3 is 2.00 bits per heavy atom. The van der Waals surface area contributed by atoms with Gasteiger partial charge in [-0.2, -0.15) is 0 Å². The summed E-state index contributed by atoms with van der Waals surface area (Å²) in [6, 6.07) is 6.90. The van der Waals surface area contributed by atoms with Crippen molar-refractivity contribution in [2.24, 2.45) is 0 Å². The van der Waals surface area contributed by atoms with E-state index in [1.54, 1.807) is 45.9 Å². The molecule has 1 aromatic carbocycles. The van der Waals surface area contributed by atoms with Gasteiger partial charge < -0.3 is 15.5 Å². The third kappa shape index (κ3) is 5.43. The lowest BCUT2D eigenvalue weighted by molar-refractivity contribution is -0.0388. The van der Waals surface area contributed by atoms with Gasteiger partial charge in [-0.3, -0.25) is 4.79 Å². The van der Waals surface area contributed by atoms with Crippen molar-refractivity contribution in [3.05, 3.63) is 35.9 Å². The van der Waals surface area contributed by atoms with E-state index in [0.717, 1.165) is 0 Å². The smallest absolute Gasteiger partial charge is 0.333 e. The number of nitrogens with zero attached hydrogens (tertiary/aromatic N) is 1. The van der Waals surface area contributed by atoms with E-state index in [9.17, 15) is 14.4 Å². The number of nitrogens with one attached hydrogen (secondary N) is 2. The third-order valence-electron chi connectivity index (χ3n) is 2.38. The number of carbonyl (C=O) groups excluding carboxylic acids is 3. The second kappa shape index (κ2) is 8.02. The lowest BCUT2D eigenvalue weighted by Crippen LogP contribution is -2.49. The minimum absolute atomic E-state index is 0.186. The Bertz CT molecular complexity index is 529. The molecule has 120 valence electrons. The zero-order valence-corrected chi connectivity index (χ0v) is 13.1. The summed E-state index contributed by atoms with van der Waals surface area (Å²) in [5, 5.41) is 5.39. The molecule has 0 aliphatic rings. The fraction of sp³-hybridized carbons (Fsp3) is 0.400. The first-order chi connectivity index (χ1) is 10.3. The normalized spacial score (nSPS) is 10.3. The van der Waals surface area contributed by atoms with Crippen molar-refractivity contribution < 1.29 is 19.2 Å². The molecule has 0 fully saturated rings. The Morgan fingerprint density at radius 2 is 1.50 bits per heavy atom. The molecule has 7 nitrogen and oxygen atoms in total. The van der Waals surface area contributed by atoms with E-state index < -0.39 is 18.0 Å². The van der Waals surface area contributed by atoms with E-state index in [4.69, 9.17) is 4.84 Å². The van der Waals surface area contributed by atoms with E-state index in [-0.39, 0.29) is 17.6 Å². The van der Waals surface area contributed by atoms with Gasteiger partial charge in [0.2, 0.25) is 0 Å². The Balaban J connectivity index is 2.93. The van der Waals surface area contributed by atoms with E-state index in [1.807, 2.05) is 0 Å². The molecule has 0 unspecified atom stereocenters. The van der Waals surface area contributed by atoms with Gasteiger partial charge in [-0.1, -0.05) is 23.3 Å². The average Bonchev–Trinajstić information content (AvgIpc) is 2.43. The molecule has 0 radical (unpaired) electrons. The first kappa shape index (κ1) is 17.5. The number of hydroxylamine groups is 2. The zero-order chi connectivity index (χ0) is 16.7. The van der Waals surface area contributed by atoms with Gasteiger partial charge in [0, 0.05) is 17.6 Å². The van der Waals surface area contributed by atoms with Crippen molar-refractivity contribution in [3.63, 3.8) is 0 Å². The maximum atomic E-state index is 12.3. The van der Waals surface area contributed by atoms with Gasteiger partial charge >= 0.3 is 12.1 Å². The van der Waals surface area contributed by atoms with Crippen LogP contribution in [-0.4, -0.2) is 35.2 Å². The number of hydrogen-bond donors (Lipinski definition) is 2. The van der Waals surface area contributed by atoms with Crippen LogP contribution in [0.15, 0.2) is 30.3 Å². The average molecular weight is 307 g/mol. The Hall–Kier alpha value is -2.57. The highest BCUT2D eigenvalue weighted by atomic mass is 16.7. The van der Waals surface area contributed by atoms with Gasteiger partial charge in [-0.25, -0.2) is 9.59 Å². The molecular formula is C15H21N3O4. The number of urea groups is 1. The first-order valence-electron chi connectivity index (χ1n) is 6.99. The van der Waals surface area contributed by atoms with Crippen LogP contribution in [0.3, 0.4) is 0 Å². The number of imide groups is 1. The SMILES string of the molecule is CC(C)NC(=O)ON(C(=O)NC(C)C)C(=O)c1ccccc1. The second-order valence-corrected chi connectivity index (χ2v) is 5.25. The van der Waals surface area contributed by atoms with Crippen LogP contribution in [0, 0.1) is 0 Å². The summed E-state index contributed by atoms with van der Waals surface area (Å²) in [5.41, 5.74) is 0.235. The van der Waals surface area contributed by atoms with E-state index >= 15 is 0 Å². The van der Waals surface area contributed by atoms with Gasteiger partial charge in [0.25, 0.3) is 5.91 Å². The Morgan fingerprint density at radius 1 is 0.955 bits per heavy atom. The van der Waals surface area contributed by atoms with Gasteiger partial charge in [0.1, 0.15) is 0 Å². The fourth-order valence-corrected chi connectivity index (χ4v) is 1.52. The second-order valence-electron chi connectivity index (χ2n) is 5.25. The molecule has 22 heavy (non-hydrogen) atoms. The van der Waals surface area contributed by atoms with Crippen LogP contribution >= 0.6 is 0 Å². The highest BCUT2D eigenvalue weighted by Crippen LogP contribution is 2.07. The van der Waals surface area contributed by atoms with Crippen molar-refractivity contribution in [2.45, 2.75) is 39.8 Å². The highest BCUT2D eigenvalue weighted by Gasteiger charge is 2.28. The fourth-order valence-electron chi connectivity index (χ4n) is 1.52. The van der Waals surface area contributed by atoms with Crippen LogP contribution in [0.4, 0.5) is 9.59 Å². The molecule has 0 bridgehead atoms. The predicted octanol–water partition coefficient (Wildman–Crippen LogP) is 2.30. The number of carbonyl (C=O) groups is 3. The molecule has 2 N–H and O–H groups in total. The maximum Gasteiger partial charge on any atom is 0.432 e. The molecule has 0 heterocycles. The van der Waals surface area contributed by atoms with Crippen LogP contribution in [0.1, 0.15) is 38.1 Å². The molecule has 1 rings (SSSR count). The summed E-state index contributed by atoms with van der Waals surface area (Å²) < 4.78 is 0. The van der Waals surface area contributed by atoms with Crippen molar-refractivity contribution >= 4 is 18.0 Å². The standard InChI is InChI=1S/C15H21N3O4/c1-10(2)16-14(20)18(22-15(21)17-11(3)4)13(19)12-8-6-5-7-9-12/h5-11H,1-4H3,(H,16,20)(H,17,21). The minimum atomic E-state index is -0.877. The molecule has 0 aromatic heterocycles. The lowest BCUT2D eigenvalue weighted by Gasteiger charge is -2.21. The van der Waals surface area contributed by atoms with Gasteiger partial charge in [0.15, 0.2) is 0 Å². The van der Waals surface area contributed by atoms with E-state index in [2.05, 4.69) is 10.6 Å². The minimum Gasteiger partial charge on any atom is -0.333 e. The Labute approximate surface area is 129 Å². The van der Waals surface area contributed by atoms with Crippen LogP contribution in [-0.2, 0) is 4.84 Å². The van der Waals surface area contributed by atoms with Crippen LogP contribution < -0.4 is 10.6 Å². The van der Waals surface area contributed by atoms with Gasteiger partial charge in [0.05, 0.1) is 0 Å². The molecule has 0 saturated heterocycles. The van der Waals surface area contributed by atoms with E-state index in [0.29, 0.717) is 5.06 Å². The number of amides is 4. The molecule has 1 aromatic rings. The summed E-state index contributed by atoms with van der Waals surface area (Å²) in [5.74, 6) is -0.724. The van der Waals surface area contributed by atoms with Crippen molar-refractivity contribution in [3.8, 4) is 0 Å². The summed E-state index contributed by atoms with van der Waals surface area (Å²) in [6.07, 6.45) is -0.877. The van der Waals surface area contributed by atoms with Crippen molar-refractivity contribution in [2.75, 3.05) is 0 Å². The van der Waals surface area contributed by atoms with Crippen LogP contribution in [0.2, 0.25) is 0 Å². The molecule has 4 amide bonds. The molecule has 0 aliphatic heterocycles. The number of rotatable bonds is 3. The monoisotopic (exact) mass is 307 g/mol. The molecule has 7 heteroatoms. The molecule has 0 saturated carbocycles. The first-order valence-corrected chi connectivity index (χ1v) is 6.99. The Kier molecular flexibility index (Phi) is 6.37. The lowest BCUT2D eigenvalue weighted by atomic mass is 10.2.